The zero-order chi connectivity index (χ0) is 16.1. The van der Waals surface area contributed by atoms with Gasteiger partial charge in [0, 0.05) is 11.9 Å². The predicted octanol–water partition coefficient (Wildman–Crippen LogP) is 3.63. The van der Waals surface area contributed by atoms with Crippen molar-refractivity contribution in [2.75, 3.05) is 18.5 Å². The Morgan fingerprint density at radius 1 is 1.09 bits per heavy atom. The second kappa shape index (κ2) is 6.74. The first-order valence-electron chi connectivity index (χ1n) is 7.20. The molecule has 0 amide bonds. The number of nitrogens with one attached hydrogen (secondary N) is 1. The van der Waals surface area contributed by atoms with E-state index in [0.29, 0.717) is 24.4 Å². The quantitative estimate of drug-likeness (QED) is 0.427. The fourth-order valence-electron chi connectivity index (χ4n) is 2.27. The van der Waals surface area contributed by atoms with E-state index in [1.165, 1.54) is 6.07 Å². The molecule has 1 N–H and O–H groups in total. The van der Waals surface area contributed by atoms with Crippen LogP contribution in [0.15, 0.2) is 60.7 Å². The molecule has 2 aromatic carbocycles. The van der Waals surface area contributed by atoms with Gasteiger partial charge in [0.1, 0.15) is 12.4 Å². The number of nitro groups is 1. The van der Waals surface area contributed by atoms with Gasteiger partial charge in [-0.1, -0.05) is 30.3 Å². The average molecular weight is 309 g/mol. The Morgan fingerprint density at radius 3 is 2.61 bits per heavy atom. The van der Waals surface area contributed by atoms with Crippen LogP contribution in [0.2, 0.25) is 0 Å². The number of aromatic nitrogens is 1. The second-order valence-corrected chi connectivity index (χ2v) is 4.89. The maximum atomic E-state index is 11.0. The SMILES string of the molecule is O=[N+]([O-])c1cc(NCCOc2ccccc2)c2ccccc2n1. The third kappa shape index (κ3) is 3.55. The monoisotopic (exact) mass is 309 g/mol. The number of para-hydroxylation sites is 2. The number of fused-ring (bicyclic) bond motifs is 1. The van der Waals surface area contributed by atoms with Crippen molar-refractivity contribution in [1.29, 1.82) is 0 Å². The van der Waals surface area contributed by atoms with E-state index < -0.39 is 4.92 Å². The van der Waals surface area contributed by atoms with Crippen LogP contribution in [0.1, 0.15) is 0 Å². The van der Waals surface area contributed by atoms with Crippen molar-refractivity contribution in [3.05, 3.63) is 70.8 Å². The first-order chi connectivity index (χ1) is 11.2. The molecule has 1 aromatic heterocycles. The molecule has 0 radical (unpaired) electrons. The lowest BCUT2D eigenvalue weighted by Gasteiger charge is -2.10. The zero-order valence-electron chi connectivity index (χ0n) is 12.3. The Bertz CT molecular complexity index is 822. The van der Waals surface area contributed by atoms with Gasteiger partial charge in [0.15, 0.2) is 5.52 Å². The summed E-state index contributed by atoms with van der Waals surface area (Å²) >= 11 is 0. The van der Waals surface area contributed by atoms with Crippen molar-refractivity contribution in [2.45, 2.75) is 0 Å². The molecule has 3 aromatic rings. The topological polar surface area (TPSA) is 77.3 Å². The molecular weight excluding hydrogens is 294 g/mol. The van der Waals surface area contributed by atoms with E-state index in [0.717, 1.165) is 11.1 Å². The Hall–Kier alpha value is -3.15. The number of pyridine rings is 1. The average Bonchev–Trinajstić information content (AvgIpc) is 2.59. The van der Waals surface area contributed by atoms with Crippen LogP contribution in [0.3, 0.4) is 0 Å². The lowest BCUT2D eigenvalue weighted by molar-refractivity contribution is -0.389. The number of hydrogen-bond acceptors (Lipinski definition) is 5. The van der Waals surface area contributed by atoms with Gasteiger partial charge in [-0.25, -0.2) is 0 Å². The summed E-state index contributed by atoms with van der Waals surface area (Å²) in [4.78, 5) is 14.6. The van der Waals surface area contributed by atoms with Crippen molar-refractivity contribution in [3.63, 3.8) is 0 Å². The fourth-order valence-corrected chi connectivity index (χ4v) is 2.27. The molecule has 0 atom stereocenters. The maximum Gasteiger partial charge on any atom is 0.366 e. The molecule has 0 aliphatic heterocycles. The standard InChI is InChI=1S/C17H15N3O3/c21-20(22)17-12-16(14-8-4-5-9-15(14)19-17)18-10-11-23-13-6-2-1-3-7-13/h1-9,12H,10-11H2,(H,18,19). The number of rotatable bonds is 6. The molecule has 0 aliphatic rings. The van der Waals surface area contributed by atoms with Crippen LogP contribution in [-0.4, -0.2) is 23.1 Å². The minimum atomic E-state index is -0.488. The highest BCUT2D eigenvalue weighted by Crippen LogP contribution is 2.26. The van der Waals surface area contributed by atoms with E-state index in [2.05, 4.69) is 10.3 Å². The van der Waals surface area contributed by atoms with Crippen molar-refractivity contribution in [3.8, 4) is 5.75 Å². The van der Waals surface area contributed by atoms with Gasteiger partial charge in [-0.05, 0) is 34.2 Å². The molecule has 3 rings (SSSR count). The Labute approximate surface area is 132 Å². The molecule has 0 aliphatic carbocycles. The molecule has 0 saturated heterocycles. The minimum Gasteiger partial charge on any atom is -0.492 e. The molecule has 116 valence electrons. The van der Waals surface area contributed by atoms with Crippen molar-refractivity contribution in [2.24, 2.45) is 0 Å². The number of ether oxygens (including phenoxy) is 1. The summed E-state index contributed by atoms with van der Waals surface area (Å²) < 4.78 is 5.61. The van der Waals surface area contributed by atoms with E-state index in [9.17, 15) is 10.1 Å². The fraction of sp³-hybridized carbons (Fsp3) is 0.118. The lowest BCUT2D eigenvalue weighted by Crippen LogP contribution is -2.12. The molecule has 0 spiro atoms. The van der Waals surface area contributed by atoms with Crippen molar-refractivity contribution < 1.29 is 9.66 Å². The molecule has 23 heavy (non-hydrogen) atoms. The Morgan fingerprint density at radius 2 is 1.83 bits per heavy atom. The highest BCUT2D eigenvalue weighted by atomic mass is 16.6. The summed E-state index contributed by atoms with van der Waals surface area (Å²) in [5.74, 6) is 0.620. The summed E-state index contributed by atoms with van der Waals surface area (Å²) in [5.41, 5.74) is 1.27. The van der Waals surface area contributed by atoms with Crippen LogP contribution < -0.4 is 10.1 Å². The highest BCUT2D eigenvalue weighted by molar-refractivity contribution is 5.92. The molecule has 6 heteroatoms. The summed E-state index contributed by atoms with van der Waals surface area (Å²) in [5, 5.41) is 15.0. The van der Waals surface area contributed by atoms with Crippen LogP contribution in [0, 0.1) is 10.1 Å². The normalized spacial score (nSPS) is 10.4. The van der Waals surface area contributed by atoms with E-state index in [-0.39, 0.29) is 5.82 Å². The molecule has 0 fully saturated rings. The Balaban J connectivity index is 1.72. The summed E-state index contributed by atoms with van der Waals surface area (Å²) in [7, 11) is 0. The smallest absolute Gasteiger partial charge is 0.366 e. The summed E-state index contributed by atoms with van der Waals surface area (Å²) in [6, 6.07) is 18.3. The summed E-state index contributed by atoms with van der Waals surface area (Å²) in [6.45, 7) is 0.981. The van der Waals surface area contributed by atoms with Crippen LogP contribution in [0.25, 0.3) is 10.9 Å². The van der Waals surface area contributed by atoms with Crippen LogP contribution in [0.4, 0.5) is 11.5 Å². The molecule has 1 heterocycles. The van der Waals surface area contributed by atoms with Crippen molar-refractivity contribution in [1.82, 2.24) is 4.98 Å². The van der Waals surface area contributed by atoms with E-state index in [1.54, 1.807) is 12.1 Å². The van der Waals surface area contributed by atoms with E-state index in [1.807, 2.05) is 42.5 Å². The van der Waals surface area contributed by atoms with Gasteiger partial charge >= 0.3 is 5.82 Å². The predicted molar refractivity (Wildman–Crippen MR) is 88.8 cm³/mol. The van der Waals surface area contributed by atoms with Gasteiger partial charge in [-0.15, -0.1) is 0 Å². The van der Waals surface area contributed by atoms with E-state index in [4.69, 9.17) is 4.74 Å². The van der Waals surface area contributed by atoms with Gasteiger partial charge in [0.2, 0.25) is 0 Å². The number of nitrogens with zero attached hydrogens (tertiary/aromatic N) is 2. The van der Waals surface area contributed by atoms with Crippen LogP contribution in [0.5, 0.6) is 5.75 Å². The number of anilines is 1. The minimum absolute atomic E-state index is 0.171. The van der Waals surface area contributed by atoms with Crippen LogP contribution >= 0.6 is 0 Å². The first-order valence-corrected chi connectivity index (χ1v) is 7.20. The third-order valence-corrected chi connectivity index (χ3v) is 3.32. The van der Waals surface area contributed by atoms with Gasteiger partial charge in [0.25, 0.3) is 0 Å². The molecule has 6 nitrogen and oxygen atoms in total. The number of benzene rings is 2. The van der Waals surface area contributed by atoms with Gasteiger partial charge in [-0.2, -0.15) is 0 Å². The lowest BCUT2D eigenvalue weighted by atomic mass is 10.2. The van der Waals surface area contributed by atoms with Gasteiger partial charge < -0.3 is 20.2 Å². The van der Waals surface area contributed by atoms with Gasteiger partial charge in [0.05, 0.1) is 11.8 Å². The zero-order valence-corrected chi connectivity index (χ0v) is 12.3. The third-order valence-electron chi connectivity index (χ3n) is 3.32. The first kappa shape index (κ1) is 14.8. The van der Waals surface area contributed by atoms with E-state index >= 15 is 0 Å². The Kier molecular flexibility index (Phi) is 4.33. The molecule has 0 bridgehead atoms. The maximum absolute atomic E-state index is 11.0. The van der Waals surface area contributed by atoms with Gasteiger partial charge in [-0.3, -0.25) is 0 Å². The number of hydrogen-bond donors (Lipinski definition) is 1. The van der Waals surface area contributed by atoms with Crippen LogP contribution in [-0.2, 0) is 0 Å². The highest BCUT2D eigenvalue weighted by Gasteiger charge is 2.14. The molecule has 0 unspecified atom stereocenters. The second-order valence-electron chi connectivity index (χ2n) is 4.89. The molecular formula is C17H15N3O3. The summed E-state index contributed by atoms with van der Waals surface area (Å²) in [6.07, 6.45) is 0. The van der Waals surface area contributed by atoms with Crippen molar-refractivity contribution >= 4 is 22.4 Å². The largest absolute Gasteiger partial charge is 0.492 e. The molecule has 0 saturated carbocycles.